The average molecular weight is 525 g/mol. The summed E-state index contributed by atoms with van der Waals surface area (Å²) in [5, 5.41) is 3.53. The lowest BCUT2D eigenvalue weighted by molar-refractivity contribution is -0.117. The van der Waals surface area contributed by atoms with E-state index in [2.05, 4.69) is 5.32 Å². The fraction of sp³-hybridized carbons (Fsp3) is 0.100. The van der Waals surface area contributed by atoms with Crippen molar-refractivity contribution in [3.05, 3.63) is 125 Å². The molecule has 0 aliphatic carbocycles. The molecule has 5 rings (SSSR count). The summed E-state index contributed by atoms with van der Waals surface area (Å²) in [4.78, 5) is 32.8. The van der Waals surface area contributed by atoms with E-state index >= 15 is 0 Å². The van der Waals surface area contributed by atoms with E-state index in [-0.39, 0.29) is 24.9 Å². The number of amides is 2. The Labute approximate surface area is 225 Å². The molecular weight excluding hydrogens is 500 g/mol. The number of aryl methyl sites for hydroxylation is 1. The van der Waals surface area contributed by atoms with Crippen LogP contribution in [0.4, 0.5) is 5.95 Å². The van der Waals surface area contributed by atoms with Gasteiger partial charge in [-0.25, -0.2) is 4.98 Å². The predicted molar refractivity (Wildman–Crippen MR) is 147 cm³/mol. The lowest BCUT2D eigenvalue weighted by atomic mass is 10.2. The summed E-state index contributed by atoms with van der Waals surface area (Å²) in [7, 11) is 0. The Hall–Kier alpha value is -4.62. The molecule has 0 unspecified atom stereocenters. The van der Waals surface area contributed by atoms with Crippen molar-refractivity contribution >= 4 is 29.4 Å². The largest absolute Gasteiger partial charge is 0.467 e. The lowest BCUT2D eigenvalue weighted by Crippen LogP contribution is -2.37. The first-order chi connectivity index (χ1) is 18.5. The summed E-state index contributed by atoms with van der Waals surface area (Å²) in [6.07, 6.45) is 3.40. The van der Waals surface area contributed by atoms with E-state index in [1.165, 1.54) is 11.2 Å². The molecule has 2 aromatic heterocycles. The highest BCUT2D eigenvalue weighted by molar-refractivity contribution is 6.30. The molecule has 0 radical (unpaired) electrons. The van der Waals surface area contributed by atoms with Crippen LogP contribution in [0.1, 0.15) is 21.7 Å². The SMILES string of the molecule is Cc1cccc(-n2cc(-c3ccc(Cl)cc3)nc2NC(=O)CN(Cc2ccco2)C(=O)c2ccccc2)c1. The van der Waals surface area contributed by atoms with Gasteiger partial charge in [-0.15, -0.1) is 0 Å². The minimum absolute atomic E-state index is 0.149. The van der Waals surface area contributed by atoms with E-state index in [0.717, 1.165) is 16.8 Å². The van der Waals surface area contributed by atoms with Gasteiger partial charge in [0.2, 0.25) is 11.9 Å². The molecule has 0 atom stereocenters. The van der Waals surface area contributed by atoms with Gasteiger partial charge < -0.3 is 9.32 Å². The van der Waals surface area contributed by atoms with Crippen LogP contribution in [0.5, 0.6) is 0 Å². The molecule has 0 fully saturated rings. The number of rotatable bonds is 8. The smallest absolute Gasteiger partial charge is 0.254 e. The van der Waals surface area contributed by atoms with Crippen molar-refractivity contribution in [3.63, 3.8) is 0 Å². The number of halogens is 1. The quantitative estimate of drug-likeness (QED) is 0.255. The number of carbonyl (C=O) groups excluding carboxylic acids is 2. The van der Waals surface area contributed by atoms with Gasteiger partial charge in [-0.1, -0.05) is 54.1 Å². The van der Waals surface area contributed by atoms with Gasteiger partial charge >= 0.3 is 0 Å². The second-order valence-electron chi connectivity index (χ2n) is 8.82. The van der Waals surface area contributed by atoms with Crippen LogP contribution in [-0.2, 0) is 11.3 Å². The van der Waals surface area contributed by atoms with E-state index < -0.39 is 0 Å². The van der Waals surface area contributed by atoms with Gasteiger partial charge in [0.15, 0.2) is 0 Å². The van der Waals surface area contributed by atoms with Crippen molar-refractivity contribution in [2.24, 2.45) is 0 Å². The standard InChI is InChI=1S/C30H25ClN4O3/c1-21-7-5-10-25(17-21)35-19-27(22-12-14-24(31)15-13-22)32-30(35)33-28(36)20-34(18-26-11-6-16-38-26)29(37)23-8-3-2-4-9-23/h2-17,19H,18,20H2,1H3,(H,32,33,36). The molecule has 0 aliphatic heterocycles. The number of nitrogens with one attached hydrogen (secondary N) is 1. The molecule has 2 heterocycles. The van der Waals surface area contributed by atoms with Crippen molar-refractivity contribution in [3.8, 4) is 16.9 Å². The van der Waals surface area contributed by atoms with Crippen molar-refractivity contribution < 1.29 is 14.0 Å². The fourth-order valence-corrected chi connectivity index (χ4v) is 4.22. The monoisotopic (exact) mass is 524 g/mol. The zero-order chi connectivity index (χ0) is 26.5. The van der Waals surface area contributed by atoms with Gasteiger partial charge in [-0.05, 0) is 61.0 Å². The minimum atomic E-state index is -0.386. The van der Waals surface area contributed by atoms with Crippen LogP contribution >= 0.6 is 11.6 Å². The summed E-state index contributed by atoms with van der Waals surface area (Å²) in [6, 6.07) is 27.6. The van der Waals surface area contributed by atoms with Crippen LogP contribution in [0.2, 0.25) is 5.02 Å². The molecular formula is C30H25ClN4O3. The van der Waals surface area contributed by atoms with E-state index in [1.54, 1.807) is 48.5 Å². The highest BCUT2D eigenvalue weighted by atomic mass is 35.5. The summed E-state index contributed by atoms with van der Waals surface area (Å²) in [5.74, 6) is 0.257. The lowest BCUT2D eigenvalue weighted by Gasteiger charge is -2.21. The fourth-order valence-electron chi connectivity index (χ4n) is 4.09. The maximum Gasteiger partial charge on any atom is 0.254 e. The molecule has 0 saturated carbocycles. The highest BCUT2D eigenvalue weighted by Crippen LogP contribution is 2.26. The van der Waals surface area contributed by atoms with Gasteiger partial charge in [0.1, 0.15) is 12.3 Å². The van der Waals surface area contributed by atoms with E-state index in [1.807, 2.05) is 60.2 Å². The van der Waals surface area contributed by atoms with Crippen LogP contribution in [0, 0.1) is 6.92 Å². The summed E-state index contributed by atoms with van der Waals surface area (Å²) >= 11 is 6.07. The van der Waals surface area contributed by atoms with Crippen LogP contribution < -0.4 is 5.32 Å². The van der Waals surface area contributed by atoms with Gasteiger partial charge in [-0.3, -0.25) is 19.5 Å². The van der Waals surface area contributed by atoms with Gasteiger partial charge in [0, 0.05) is 28.0 Å². The van der Waals surface area contributed by atoms with Gasteiger partial charge in [0.25, 0.3) is 5.91 Å². The van der Waals surface area contributed by atoms with Crippen LogP contribution in [0.15, 0.2) is 108 Å². The molecule has 5 aromatic rings. The second-order valence-corrected chi connectivity index (χ2v) is 9.26. The minimum Gasteiger partial charge on any atom is -0.467 e. The van der Waals surface area contributed by atoms with Gasteiger partial charge in [-0.2, -0.15) is 0 Å². The Morgan fingerprint density at radius 2 is 1.76 bits per heavy atom. The summed E-state index contributed by atoms with van der Waals surface area (Å²) < 4.78 is 7.27. The van der Waals surface area contributed by atoms with Crippen LogP contribution in [-0.4, -0.2) is 32.8 Å². The number of benzene rings is 3. The molecule has 0 saturated heterocycles. The summed E-state index contributed by atoms with van der Waals surface area (Å²) in [6.45, 7) is 1.96. The molecule has 1 N–H and O–H groups in total. The molecule has 0 spiro atoms. The Morgan fingerprint density at radius 1 is 0.974 bits per heavy atom. The van der Waals surface area contributed by atoms with Crippen molar-refractivity contribution in [1.82, 2.24) is 14.5 Å². The Kier molecular flexibility index (Phi) is 7.38. The average Bonchev–Trinajstić information content (AvgIpc) is 3.59. The Morgan fingerprint density at radius 3 is 2.47 bits per heavy atom. The second kappa shape index (κ2) is 11.2. The molecule has 0 bridgehead atoms. The Bertz CT molecular complexity index is 1540. The van der Waals surface area contributed by atoms with Gasteiger partial charge in [0.05, 0.1) is 18.5 Å². The maximum atomic E-state index is 13.3. The zero-order valence-electron chi connectivity index (χ0n) is 20.7. The first kappa shape index (κ1) is 25.0. The zero-order valence-corrected chi connectivity index (χ0v) is 21.4. The first-order valence-corrected chi connectivity index (χ1v) is 12.4. The molecule has 8 heteroatoms. The number of hydrogen-bond acceptors (Lipinski definition) is 4. The van der Waals surface area contributed by atoms with Crippen molar-refractivity contribution in [2.75, 3.05) is 11.9 Å². The highest BCUT2D eigenvalue weighted by Gasteiger charge is 2.22. The number of aromatic nitrogens is 2. The normalized spacial score (nSPS) is 10.8. The molecule has 190 valence electrons. The van der Waals surface area contributed by atoms with E-state index in [0.29, 0.717) is 28.0 Å². The Balaban J connectivity index is 1.44. The number of carbonyl (C=O) groups is 2. The number of imidazole rings is 1. The third-order valence-electron chi connectivity index (χ3n) is 5.95. The topological polar surface area (TPSA) is 80.4 Å². The number of anilines is 1. The van der Waals surface area contributed by atoms with Crippen LogP contribution in [0.25, 0.3) is 16.9 Å². The van der Waals surface area contributed by atoms with Crippen LogP contribution in [0.3, 0.4) is 0 Å². The molecule has 0 aliphatic rings. The summed E-state index contributed by atoms with van der Waals surface area (Å²) in [5.41, 5.74) is 3.93. The third-order valence-corrected chi connectivity index (χ3v) is 6.20. The molecule has 2 amide bonds. The molecule has 3 aromatic carbocycles. The molecule has 38 heavy (non-hydrogen) atoms. The maximum absolute atomic E-state index is 13.3. The van der Waals surface area contributed by atoms with E-state index in [9.17, 15) is 9.59 Å². The van der Waals surface area contributed by atoms with Crippen molar-refractivity contribution in [1.29, 1.82) is 0 Å². The van der Waals surface area contributed by atoms with E-state index in [4.69, 9.17) is 21.0 Å². The first-order valence-electron chi connectivity index (χ1n) is 12.1. The predicted octanol–water partition coefficient (Wildman–Crippen LogP) is 6.38. The molecule has 7 nitrogen and oxygen atoms in total. The third kappa shape index (κ3) is 5.85. The number of furan rings is 1. The number of hydrogen-bond donors (Lipinski definition) is 1. The number of nitrogens with zero attached hydrogens (tertiary/aromatic N) is 3. The van der Waals surface area contributed by atoms with Crippen molar-refractivity contribution in [2.45, 2.75) is 13.5 Å².